The highest BCUT2D eigenvalue weighted by Crippen LogP contribution is 2.60. The second kappa shape index (κ2) is 11.4. The van der Waals surface area contributed by atoms with Crippen LogP contribution in [0.5, 0.6) is 0 Å². The summed E-state index contributed by atoms with van der Waals surface area (Å²) in [4.78, 5) is 42.9. The van der Waals surface area contributed by atoms with Crippen molar-refractivity contribution in [3.8, 4) is 0 Å². The summed E-state index contributed by atoms with van der Waals surface area (Å²) in [6.07, 6.45) is 7.46. The first-order valence-corrected chi connectivity index (χ1v) is 14.7. The predicted molar refractivity (Wildman–Crippen MR) is 142 cm³/mol. The van der Waals surface area contributed by atoms with Crippen LogP contribution in [0.15, 0.2) is 30.3 Å². The fraction of sp³-hybridized carbons (Fsp3) is 0.679. The van der Waals surface area contributed by atoms with Gasteiger partial charge in [-0.1, -0.05) is 65.5 Å². The van der Waals surface area contributed by atoms with Crippen LogP contribution < -0.4 is 10.6 Å². The Labute approximate surface area is 227 Å². The molecule has 9 heteroatoms. The quantitative estimate of drug-likeness (QED) is 0.293. The number of rotatable bonds is 10. The Morgan fingerprint density at radius 3 is 2.57 bits per heavy atom. The highest BCUT2D eigenvalue weighted by atomic mass is 79.9. The van der Waals surface area contributed by atoms with Gasteiger partial charge in [-0.3, -0.25) is 14.4 Å². The monoisotopic (exact) mass is 575 g/mol. The number of aliphatic hydroxyl groups excluding tert-OH is 1. The molecule has 0 aromatic heterocycles. The highest BCUT2D eigenvalue weighted by molar-refractivity contribution is 9.09. The van der Waals surface area contributed by atoms with Gasteiger partial charge in [0.1, 0.15) is 11.6 Å². The third-order valence-electron chi connectivity index (χ3n) is 8.66. The van der Waals surface area contributed by atoms with Gasteiger partial charge >= 0.3 is 0 Å². The SMILES string of the molecule is O=C(NC1CCCCC1)C1N(CCCCCO)C(=O)[C@@H]2[C@@H](C(=O)NCc3ccccc3)[C@@H]3OC12CC3Br. The number of hydrogen-bond donors (Lipinski definition) is 3. The van der Waals surface area contributed by atoms with E-state index in [0.717, 1.165) is 37.7 Å². The van der Waals surface area contributed by atoms with E-state index < -0.39 is 29.6 Å². The lowest BCUT2D eigenvalue weighted by molar-refractivity contribution is -0.142. The van der Waals surface area contributed by atoms with Crippen molar-refractivity contribution in [1.29, 1.82) is 0 Å². The molecule has 0 radical (unpaired) electrons. The van der Waals surface area contributed by atoms with Crippen molar-refractivity contribution in [3.63, 3.8) is 0 Å². The molecule has 3 aliphatic heterocycles. The summed E-state index contributed by atoms with van der Waals surface area (Å²) in [7, 11) is 0. The molecule has 37 heavy (non-hydrogen) atoms. The van der Waals surface area contributed by atoms with E-state index in [1.165, 1.54) is 6.42 Å². The van der Waals surface area contributed by atoms with Gasteiger partial charge in [-0.15, -0.1) is 0 Å². The van der Waals surface area contributed by atoms with Gasteiger partial charge in [0.15, 0.2) is 0 Å². The minimum atomic E-state index is -1.01. The van der Waals surface area contributed by atoms with E-state index in [-0.39, 0.29) is 35.2 Å². The molecule has 2 bridgehead atoms. The van der Waals surface area contributed by atoms with E-state index in [4.69, 9.17) is 4.74 Å². The molecule has 3 amide bonds. The minimum Gasteiger partial charge on any atom is -0.396 e. The van der Waals surface area contributed by atoms with Crippen molar-refractivity contribution < 1.29 is 24.2 Å². The molecular formula is C28H38BrN3O5. The second-order valence-corrected chi connectivity index (χ2v) is 12.2. The Hall–Kier alpha value is -1.97. The van der Waals surface area contributed by atoms with Crippen molar-refractivity contribution in [2.75, 3.05) is 13.2 Å². The number of likely N-dealkylation sites (tertiary alicyclic amines) is 1. The summed E-state index contributed by atoms with van der Waals surface area (Å²) in [5.41, 5.74) is -0.0292. The number of nitrogens with zero attached hydrogens (tertiary/aromatic N) is 1. The molecule has 3 saturated heterocycles. The van der Waals surface area contributed by atoms with Crippen LogP contribution in [-0.2, 0) is 25.7 Å². The van der Waals surface area contributed by atoms with Gasteiger partial charge in [-0.05, 0) is 44.1 Å². The summed E-state index contributed by atoms with van der Waals surface area (Å²) >= 11 is 3.73. The number of hydrogen-bond acceptors (Lipinski definition) is 5. The zero-order chi connectivity index (χ0) is 26.0. The van der Waals surface area contributed by atoms with Gasteiger partial charge in [-0.2, -0.15) is 0 Å². The molecule has 1 saturated carbocycles. The molecule has 1 aliphatic carbocycles. The lowest BCUT2D eigenvalue weighted by atomic mass is 9.70. The van der Waals surface area contributed by atoms with E-state index >= 15 is 0 Å². The number of halogens is 1. The van der Waals surface area contributed by atoms with E-state index in [1.54, 1.807) is 4.90 Å². The standard InChI is InChI=1S/C28H38BrN3O5/c29-20-16-28-22(21(23(20)37-28)25(34)30-17-18-10-4-1-5-11-18)27(36)32(14-8-3-9-15-33)24(28)26(35)31-19-12-6-2-7-13-19/h1,4-5,10-11,19-24,33H,2-3,6-9,12-17H2,(H,30,34)(H,31,35)/t20?,21-,22+,23-,24?,28?/m1/s1. The van der Waals surface area contributed by atoms with E-state index in [2.05, 4.69) is 26.6 Å². The minimum absolute atomic E-state index is 0.103. The van der Waals surface area contributed by atoms with Gasteiger partial charge in [0, 0.05) is 30.6 Å². The predicted octanol–water partition coefficient (Wildman–Crippen LogP) is 2.66. The maximum Gasteiger partial charge on any atom is 0.246 e. The molecule has 4 fully saturated rings. The number of aliphatic hydroxyl groups is 1. The maximum atomic E-state index is 14.0. The number of fused-ring (bicyclic) bond motifs is 1. The molecule has 3 unspecified atom stereocenters. The molecule has 3 N–H and O–H groups in total. The Balaban J connectivity index is 1.39. The molecular weight excluding hydrogens is 538 g/mol. The molecule has 3 heterocycles. The summed E-state index contributed by atoms with van der Waals surface area (Å²) in [5, 5.41) is 15.5. The maximum absolute atomic E-state index is 14.0. The third kappa shape index (κ3) is 5.06. The molecule has 1 aromatic carbocycles. The van der Waals surface area contributed by atoms with Crippen LogP contribution in [0.1, 0.15) is 63.4 Å². The molecule has 4 aliphatic rings. The zero-order valence-electron chi connectivity index (χ0n) is 21.2. The van der Waals surface area contributed by atoms with Crippen LogP contribution in [0.4, 0.5) is 0 Å². The number of ether oxygens (including phenoxy) is 1. The number of nitrogens with one attached hydrogen (secondary N) is 2. The van der Waals surface area contributed by atoms with Gasteiger partial charge in [0.25, 0.3) is 0 Å². The van der Waals surface area contributed by atoms with Gasteiger partial charge in [-0.25, -0.2) is 0 Å². The van der Waals surface area contributed by atoms with E-state index in [9.17, 15) is 19.5 Å². The average molecular weight is 577 g/mol. The number of alkyl halides is 1. The Bertz CT molecular complexity index is 987. The first kappa shape index (κ1) is 26.6. The molecule has 1 spiro atoms. The smallest absolute Gasteiger partial charge is 0.246 e. The lowest BCUT2D eigenvalue weighted by Gasteiger charge is -2.35. The third-order valence-corrected chi connectivity index (χ3v) is 9.50. The van der Waals surface area contributed by atoms with Crippen LogP contribution in [0.2, 0.25) is 0 Å². The van der Waals surface area contributed by atoms with Crippen LogP contribution >= 0.6 is 15.9 Å². The summed E-state index contributed by atoms with van der Waals surface area (Å²) < 4.78 is 6.56. The summed E-state index contributed by atoms with van der Waals surface area (Å²) in [6, 6.07) is 9.05. The molecule has 202 valence electrons. The van der Waals surface area contributed by atoms with Gasteiger partial charge in [0.05, 0.1) is 17.9 Å². The van der Waals surface area contributed by atoms with E-state index in [0.29, 0.717) is 32.4 Å². The van der Waals surface area contributed by atoms with Crippen molar-refractivity contribution >= 4 is 33.7 Å². The topological polar surface area (TPSA) is 108 Å². The van der Waals surface area contributed by atoms with Crippen LogP contribution in [0.3, 0.4) is 0 Å². The average Bonchev–Trinajstić information content (AvgIpc) is 3.49. The van der Waals surface area contributed by atoms with Crippen molar-refractivity contribution in [1.82, 2.24) is 15.5 Å². The van der Waals surface area contributed by atoms with Gasteiger partial charge in [0.2, 0.25) is 17.7 Å². The molecule has 8 nitrogen and oxygen atoms in total. The molecule has 1 aromatic rings. The molecule has 6 atom stereocenters. The van der Waals surface area contributed by atoms with Gasteiger partial charge < -0.3 is 25.4 Å². The summed E-state index contributed by atoms with van der Waals surface area (Å²) in [6.45, 7) is 0.894. The number of carbonyl (C=O) groups excluding carboxylic acids is 3. The number of carbonyl (C=O) groups is 3. The van der Waals surface area contributed by atoms with Crippen molar-refractivity contribution in [2.45, 2.75) is 92.9 Å². The van der Waals surface area contributed by atoms with E-state index in [1.807, 2.05) is 30.3 Å². The fourth-order valence-corrected chi connectivity index (χ4v) is 7.91. The highest BCUT2D eigenvalue weighted by Gasteiger charge is 2.76. The Morgan fingerprint density at radius 2 is 1.84 bits per heavy atom. The van der Waals surface area contributed by atoms with Crippen molar-refractivity contribution in [2.24, 2.45) is 11.8 Å². The Morgan fingerprint density at radius 1 is 1.08 bits per heavy atom. The zero-order valence-corrected chi connectivity index (χ0v) is 22.8. The fourth-order valence-electron chi connectivity index (χ4n) is 6.97. The number of unbranched alkanes of at least 4 members (excludes halogenated alkanes) is 2. The first-order chi connectivity index (χ1) is 18.0. The van der Waals surface area contributed by atoms with Crippen molar-refractivity contribution in [3.05, 3.63) is 35.9 Å². The largest absolute Gasteiger partial charge is 0.396 e. The van der Waals surface area contributed by atoms with Crippen LogP contribution in [-0.4, -0.2) is 69.5 Å². The van der Waals surface area contributed by atoms with Crippen LogP contribution in [0, 0.1) is 11.8 Å². The number of amides is 3. The normalized spacial score (nSPS) is 33.0. The first-order valence-electron chi connectivity index (χ1n) is 13.8. The number of benzene rings is 1. The van der Waals surface area contributed by atoms with Crippen LogP contribution in [0.25, 0.3) is 0 Å². The molecule has 5 rings (SSSR count). The Kier molecular flexibility index (Phi) is 8.22. The summed E-state index contributed by atoms with van der Waals surface area (Å²) in [5.74, 6) is -1.85. The lowest BCUT2D eigenvalue weighted by Crippen LogP contribution is -2.57. The second-order valence-electron chi connectivity index (χ2n) is 11.0.